The van der Waals surface area contributed by atoms with Crippen LogP contribution >= 0.6 is 23.2 Å². The number of hydrogen-bond donors (Lipinski definition) is 2. The van der Waals surface area contributed by atoms with E-state index < -0.39 is 5.91 Å². The lowest BCUT2D eigenvalue weighted by atomic mass is 10.2. The molecule has 3 N–H and O–H groups in total. The van der Waals surface area contributed by atoms with Crippen LogP contribution in [0.2, 0.25) is 10.0 Å². The fraction of sp³-hybridized carbons (Fsp3) is 0.0769. The van der Waals surface area contributed by atoms with E-state index in [1.165, 1.54) is 12.1 Å². The van der Waals surface area contributed by atoms with Crippen molar-refractivity contribution in [3.8, 4) is 0 Å². The molecule has 1 aromatic carbocycles. The molecule has 1 amide bonds. The van der Waals surface area contributed by atoms with E-state index in [4.69, 9.17) is 28.9 Å². The normalized spacial score (nSPS) is 10.2. The third-order valence-corrected chi connectivity index (χ3v) is 3.15. The van der Waals surface area contributed by atoms with Gasteiger partial charge in [0.15, 0.2) is 0 Å². The Hall–Kier alpha value is -1.78. The van der Waals surface area contributed by atoms with E-state index in [0.717, 1.165) is 5.56 Å². The molecule has 2 aromatic rings. The Morgan fingerprint density at radius 2 is 1.89 bits per heavy atom. The number of rotatable bonds is 3. The number of nitrogens with zero attached hydrogens (tertiary/aromatic N) is 1. The minimum atomic E-state index is -0.391. The van der Waals surface area contributed by atoms with Crippen molar-refractivity contribution in [1.82, 2.24) is 10.3 Å². The van der Waals surface area contributed by atoms with Gasteiger partial charge in [-0.05, 0) is 23.8 Å². The molecule has 0 unspecified atom stereocenters. The third kappa shape index (κ3) is 3.36. The van der Waals surface area contributed by atoms with Gasteiger partial charge in [-0.3, -0.25) is 4.79 Å². The summed E-state index contributed by atoms with van der Waals surface area (Å²) in [4.78, 5) is 15.9. The smallest absolute Gasteiger partial charge is 0.271 e. The molecule has 19 heavy (non-hydrogen) atoms. The summed E-state index contributed by atoms with van der Waals surface area (Å²) in [6.07, 6.45) is 0. The van der Waals surface area contributed by atoms with Gasteiger partial charge in [0.25, 0.3) is 5.91 Å². The van der Waals surface area contributed by atoms with Gasteiger partial charge in [0.1, 0.15) is 11.5 Å². The van der Waals surface area contributed by atoms with Gasteiger partial charge < -0.3 is 11.1 Å². The zero-order valence-corrected chi connectivity index (χ0v) is 11.4. The Labute approximate surface area is 120 Å². The molecule has 0 saturated heterocycles. The first-order chi connectivity index (χ1) is 9.08. The number of carbonyl (C=O) groups is 1. The summed E-state index contributed by atoms with van der Waals surface area (Å²) < 4.78 is 0. The number of carbonyl (C=O) groups excluding carboxylic acids is 1. The van der Waals surface area contributed by atoms with E-state index in [2.05, 4.69) is 10.3 Å². The molecular weight excluding hydrogens is 285 g/mol. The molecule has 0 spiro atoms. The maximum absolute atomic E-state index is 11.9. The molecule has 4 nitrogen and oxygen atoms in total. The number of benzene rings is 1. The summed E-state index contributed by atoms with van der Waals surface area (Å²) in [6.45, 7) is 0.297. The van der Waals surface area contributed by atoms with Crippen molar-refractivity contribution in [3.63, 3.8) is 0 Å². The predicted molar refractivity (Wildman–Crippen MR) is 76.3 cm³/mol. The number of aromatic nitrogens is 1. The first-order valence-electron chi connectivity index (χ1n) is 5.51. The second kappa shape index (κ2) is 5.91. The minimum absolute atomic E-state index is 0.105. The molecule has 0 atom stereocenters. The first-order valence-corrected chi connectivity index (χ1v) is 6.27. The van der Waals surface area contributed by atoms with E-state index in [0.29, 0.717) is 11.6 Å². The Bertz CT molecular complexity index is 617. The van der Waals surface area contributed by atoms with Crippen LogP contribution in [0.3, 0.4) is 0 Å². The monoisotopic (exact) mass is 295 g/mol. The maximum Gasteiger partial charge on any atom is 0.271 e. The van der Waals surface area contributed by atoms with E-state index in [1.54, 1.807) is 6.07 Å². The lowest BCUT2D eigenvalue weighted by Crippen LogP contribution is -2.24. The summed E-state index contributed by atoms with van der Waals surface area (Å²) in [6, 6.07) is 10.3. The van der Waals surface area contributed by atoms with Gasteiger partial charge in [-0.15, -0.1) is 0 Å². The van der Waals surface area contributed by atoms with Crippen LogP contribution in [0.1, 0.15) is 16.1 Å². The Morgan fingerprint density at radius 3 is 2.63 bits per heavy atom. The summed E-state index contributed by atoms with van der Waals surface area (Å²) in [5.41, 5.74) is 6.45. The largest absolute Gasteiger partial charge is 0.384 e. The summed E-state index contributed by atoms with van der Waals surface area (Å²) in [5, 5.41) is 3.55. The van der Waals surface area contributed by atoms with Crippen LogP contribution < -0.4 is 11.1 Å². The molecule has 0 saturated carbocycles. The molecule has 0 radical (unpaired) electrons. The van der Waals surface area contributed by atoms with Gasteiger partial charge >= 0.3 is 0 Å². The molecule has 1 aromatic heterocycles. The number of nitrogens with two attached hydrogens (primary N) is 1. The summed E-state index contributed by atoms with van der Waals surface area (Å²) in [7, 11) is 0. The van der Waals surface area contributed by atoms with Crippen LogP contribution in [0.4, 0.5) is 5.82 Å². The number of halogens is 2. The van der Waals surface area contributed by atoms with Gasteiger partial charge in [-0.25, -0.2) is 4.98 Å². The van der Waals surface area contributed by atoms with Crippen molar-refractivity contribution in [2.75, 3.05) is 5.73 Å². The summed E-state index contributed by atoms with van der Waals surface area (Å²) in [5.74, 6) is -0.149. The number of amides is 1. The predicted octanol–water partition coefficient (Wildman–Crippen LogP) is 2.90. The standard InChI is InChI=1S/C13H11Cl2N3O/c14-9-4-2-1-3-8(9)7-17-13(19)12-10(15)5-6-11(16)18-12/h1-6H,7H2,(H2,16,18)(H,17,19). The first kappa shape index (κ1) is 13.6. The van der Waals surface area contributed by atoms with Crippen LogP contribution in [-0.2, 0) is 6.54 Å². The second-order valence-electron chi connectivity index (χ2n) is 3.84. The van der Waals surface area contributed by atoms with E-state index >= 15 is 0 Å². The van der Waals surface area contributed by atoms with Gasteiger partial charge in [-0.1, -0.05) is 41.4 Å². The molecule has 0 bridgehead atoms. The average Bonchev–Trinajstić information content (AvgIpc) is 2.40. The molecule has 6 heteroatoms. The molecule has 98 valence electrons. The Kier molecular flexibility index (Phi) is 4.24. The van der Waals surface area contributed by atoms with Gasteiger partial charge in [0.05, 0.1) is 5.02 Å². The topological polar surface area (TPSA) is 68.0 Å². The zero-order valence-electron chi connectivity index (χ0n) is 9.86. The van der Waals surface area contributed by atoms with Crippen LogP contribution in [-0.4, -0.2) is 10.9 Å². The van der Waals surface area contributed by atoms with Gasteiger partial charge in [0.2, 0.25) is 0 Å². The highest BCUT2D eigenvalue weighted by atomic mass is 35.5. The molecule has 2 rings (SSSR count). The fourth-order valence-electron chi connectivity index (χ4n) is 1.52. The third-order valence-electron chi connectivity index (χ3n) is 2.48. The molecule has 0 aliphatic rings. The van der Waals surface area contributed by atoms with E-state index in [9.17, 15) is 4.79 Å². The zero-order chi connectivity index (χ0) is 13.8. The van der Waals surface area contributed by atoms with Crippen molar-refractivity contribution in [2.24, 2.45) is 0 Å². The molecule has 0 fully saturated rings. The van der Waals surface area contributed by atoms with Crippen molar-refractivity contribution < 1.29 is 4.79 Å². The number of nitrogen functional groups attached to an aromatic ring is 1. The van der Waals surface area contributed by atoms with Crippen LogP contribution in [0.25, 0.3) is 0 Å². The van der Waals surface area contributed by atoms with E-state index in [1.807, 2.05) is 18.2 Å². The second-order valence-corrected chi connectivity index (χ2v) is 4.66. The lowest BCUT2D eigenvalue weighted by Gasteiger charge is -2.08. The highest BCUT2D eigenvalue weighted by Crippen LogP contribution is 2.17. The number of pyridine rings is 1. The van der Waals surface area contributed by atoms with Crippen molar-refractivity contribution in [1.29, 1.82) is 0 Å². The SMILES string of the molecule is Nc1ccc(Cl)c(C(=O)NCc2ccccc2Cl)n1. The highest BCUT2D eigenvalue weighted by Gasteiger charge is 2.12. The van der Waals surface area contributed by atoms with Crippen LogP contribution in [0, 0.1) is 0 Å². The molecule has 1 heterocycles. The van der Waals surface area contributed by atoms with Crippen LogP contribution in [0.15, 0.2) is 36.4 Å². The maximum atomic E-state index is 11.9. The molecule has 0 aliphatic carbocycles. The Morgan fingerprint density at radius 1 is 1.16 bits per heavy atom. The number of hydrogen-bond acceptors (Lipinski definition) is 3. The van der Waals surface area contributed by atoms with Gasteiger partial charge in [0, 0.05) is 11.6 Å². The van der Waals surface area contributed by atoms with Crippen molar-refractivity contribution in [2.45, 2.75) is 6.54 Å². The van der Waals surface area contributed by atoms with E-state index in [-0.39, 0.29) is 16.5 Å². The van der Waals surface area contributed by atoms with Crippen LogP contribution in [0.5, 0.6) is 0 Å². The lowest BCUT2D eigenvalue weighted by molar-refractivity contribution is 0.0946. The molecular formula is C13H11Cl2N3O. The Balaban J connectivity index is 2.10. The fourth-order valence-corrected chi connectivity index (χ4v) is 1.91. The quantitative estimate of drug-likeness (QED) is 0.915. The molecule has 0 aliphatic heterocycles. The van der Waals surface area contributed by atoms with Crippen molar-refractivity contribution in [3.05, 3.63) is 57.7 Å². The minimum Gasteiger partial charge on any atom is -0.384 e. The number of nitrogens with one attached hydrogen (secondary N) is 1. The average molecular weight is 296 g/mol. The van der Waals surface area contributed by atoms with Crippen molar-refractivity contribution >= 4 is 34.9 Å². The highest BCUT2D eigenvalue weighted by molar-refractivity contribution is 6.33. The number of anilines is 1. The summed E-state index contributed by atoms with van der Waals surface area (Å²) >= 11 is 11.9. The van der Waals surface area contributed by atoms with Gasteiger partial charge in [-0.2, -0.15) is 0 Å².